The zero-order chi connectivity index (χ0) is 8.81. The average molecular weight is 161 g/mol. The third-order valence-electron chi connectivity index (χ3n) is 1.87. The van der Waals surface area contributed by atoms with Crippen LogP contribution in [0.2, 0.25) is 0 Å². The van der Waals surface area contributed by atoms with Gasteiger partial charge in [-0.25, -0.2) is 0 Å². The fourth-order valence-corrected chi connectivity index (χ4v) is 0.858. The lowest BCUT2D eigenvalue weighted by atomic mass is 10.2. The summed E-state index contributed by atoms with van der Waals surface area (Å²) in [6.07, 6.45) is 3.04. The van der Waals surface area contributed by atoms with Gasteiger partial charge in [0.15, 0.2) is 0 Å². The predicted molar refractivity (Wildman–Crippen MR) is 53.8 cm³/mol. The number of hydrogen-bond acceptors (Lipinski definition) is 1. The van der Waals surface area contributed by atoms with Gasteiger partial charge in [-0.1, -0.05) is 37.3 Å². The summed E-state index contributed by atoms with van der Waals surface area (Å²) in [6, 6.07) is 10.6. The van der Waals surface area contributed by atoms with Crippen molar-refractivity contribution < 1.29 is 0 Å². The van der Waals surface area contributed by atoms with Gasteiger partial charge in [0.1, 0.15) is 0 Å². The zero-order valence-electron chi connectivity index (χ0n) is 7.70. The number of nitrogens with zero attached hydrogens (tertiary/aromatic N) is 1. The highest BCUT2D eigenvalue weighted by molar-refractivity contribution is 5.79. The average Bonchev–Trinajstić information content (AvgIpc) is 2.16. The van der Waals surface area contributed by atoms with Gasteiger partial charge < -0.3 is 0 Å². The molecule has 0 aliphatic rings. The Balaban J connectivity index is 2.58. The summed E-state index contributed by atoms with van der Waals surface area (Å²) in [6.45, 7) is 4.27. The molecule has 0 spiro atoms. The summed E-state index contributed by atoms with van der Waals surface area (Å²) in [7, 11) is 0. The molecule has 64 valence electrons. The van der Waals surface area contributed by atoms with Gasteiger partial charge in [-0.3, -0.25) is 4.99 Å². The normalized spacial score (nSPS) is 13.5. The Morgan fingerprint density at radius 3 is 2.58 bits per heavy atom. The largest absolute Gasteiger partial charge is 0.290 e. The molecule has 1 rings (SSSR count). The van der Waals surface area contributed by atoms with E-state index in [1.165, 1.54) is 5.56 Å². The fourth-order valence-electron chi connectivity index (χ4n) is 0.858. The van der Waals surface area contributed by atoms with Gasteiger partial charge >= 0.3 is 0 Å². The molecular formula is C11H15N. The van der Waals surface area contributed by atoms with E-state index in [0.29, 0.717) is 6.04 Å². The van der Waals surface area contributed by atoms with Crippen LogP contribution in [-0.4, -0.2) is 12.3 Å². The van der Waals surface area contributed by atoms with Crippen molar-refractivity contribution in [1.82, 2.24) is 0 Å². The quantitative estimate of drug-likeness (QED) is 0.604. The second kappa shape index (κ2) is 4.70. The Labute approximate surface area is 74.2 Å². The van der Waals surface area contributed by atoms with Crippen LogP contribution in [0.4, 0.5) is 0 Å². The maximum Gasteiger partial charge on any atom is 0.0469 e. The van der Waals surface area contributed by atoms with Crippen LogP contribution in [0.15, 0.2) is 35.3 Å². The highest BCUT2D eigenvalue weighted by atomic mass is 14.7. The highest BCUT2D eigenvalue weighted by Crippen LogP contribution is 1.98. The minimum atomic E-state index is 0.435. The first kappa shape index (κ1) is 8.98. The van der Waals surface area contributed by atoms with E-state index in [1.807, 2.05) is 24.4 Å². The lowest BCUT2D eigenvalue weighted by Gasteiger charge is -1.99. The first-order valence-electron chi connectivity index (χ1n) is 4.41. The molecule has 12 heavy (non-hydrogen) atoms. The summed E-state index contributed by atoms with van der Waals surface area (Å²) < 4.78 is 0. The van der Waals surface area contributed by atoms with Crippen molar-refractivity contribution in [2.24, 2.45) is 4.99 Å². The molecule has 0 amide bonds. The smallest absolute Gasteiger partial charge is 0.0469 e. The summed E-state index contributed by atoms with van der Waals surface area (Å²) in [5, 5.41) is 0. The van der Waals surface area contributed by atoms with Crippen molar-refractivity contribution >= 4 is 6.21 Å². The van der Waals surface area contributed by atoms with Crippen LogP contribution in [0.25, 0.3) is 0 Å². The van der Waals surface area contributed by atoms with Gasteiger partial charge in [0, 0.05) is 12.3 Å². The first-order valence-corrected chi connectivity index (χ1v) is 4.41. The summed E-state index contributed by atoms with van der Waals surface area (Å²) in [4.78, 5) is 4.39. The number of hydrogen-bond donors (Lipinski definition) is 0. The summed E-state index contributed by atoms with van der Waals surface area (Å²) in [5.41, 5.74) is 1.18. The number of aliphatic imine (C=N–C) groups is 1. The van der Waals surface area contributed by atoms with Gasteiger partial charge in [0.25, 0.3) is 0 Å². The van der Waals surface area contributed by atoms with Crippen molar-refractivity contribution in [1.29, 1.82) is 0 Å². The van der Waals surface area contributed by atoms with Crippen molar-refractivity contribution in [2.45, 2.75) is 26.3 Å². The fraction of sp³-hybridized carbons (Fsp3) is 0.364. The molecule has 1 nitrogen and oxygen atoms in total. The molecule has 0 saturated heterocycles. The lowest BCUT2D eigenvalue weighted by molar-refractivity contribution is 0.720. The Morgan fingerprint density at radius 1 is 1.33 bits per heavy atom. The number of benzene rings is 1. The first-order chi connectivity index (χ1) is 5.83. The molecule has 0 fully saturated rings. The molecule has 0 radical (unpaired) electrons. The van der Waals surface area contributed by atoms with Crippen LogP contribution in [0.1, 0.15) is 25.8 Å². The van der Waals surface area contributed by atoms with Gasteiger partial charge in [0.05, 0.1) is 0 Å². The Kier molecular flexibility index (Phi) is 3.52. The topological polar surface area (TPSA) is 12.4 Å². The van der Waals surface area contributed by atoms with E-state index in [4.69, 9.17) is 0 Å². The van der Waals surface area contributed by atoms with E-state index in [9.17, 15) is 0 Å². The molecule has 1 atom stereocenters. The van der Waals surface area contributed by atoms with Crippen LogP contribution in [0, 0.1) is 0 Å². The van der Waals surface area contributed by atoms with E-state index in [-0.39, 0.29) is 0 Å². The molecule has 1 aromatic rings. The molecule has 1 heteroatoms. The molecular weight excluding hydrogens is 146 g/mol. The van der Waals surface area contributed by atoms with E-state index in [0.717, 1.165) is 6.42 Å². The summed E-state index contributed by atoms with van der Waals surface area (Å²) >= 11 is 0. The van der Waals surface area contributed by atoms with Crippen molar-refractivity contribution in [3.05, 3.63) is 35.9 Å². The molecule has 0 unspecified atom stereocenters. The van der Waals surface area contributed by atoms with Crippen LogP contribution >= 0.6 is 0 Å². The Hall–Kier alpha value is -1.11. The minimum Gasteiger partial charge on any atom is -0.290 e. The molecule has 0 aliphatic carbocycles. The molecule has 0 heterocycles. The van der Waals surface area contributed by atoms with E-state index in [1.54, 1.807) is 0 Å². The maximum absolute atomic E-state index is 4.39. The van der Waals surface area contributed by atoms with Crippen LogP contribution in [-0.2, 0) is 0 Å². The Bertz CT molecular complexity index is 238. The van der Waals surface area contributed by atoms with Crippen molar-refractivity contribution in [3.8, 4) is 0 Å². The van der Waals surface area contributed by atoms with Gasteiger partial charge in [0.2, 0.25) is 0 Å². The monoisotopic (exact) mass is 161 g/mol. The van der Waals surface area contributed by atoms with E-state index < -0.39 is 0 Å². The molecule has 0 bridgehead atoms. The molecule has 0 N–H and O–H groups in total. The van der Waals surface area contributed by atoms with Crippen LogP contribution < -0.4 is 0 Å². The molecule has 0 saturated carbocycles. The van der Waals surface area contributed by atoms with Gasteiger partial charge in [-0.2, -0.15) is 0 Å². The van der Waals surface area contributed by atoms with Gasteiger partial charge in [-0.15, -0.1) is 0 Å². The SMILES string of the molecule is CC[C@@H](C)/N=C/c1ccccc1. The van der Waals surface area contributed by atoms with Gasteiger partial charge in [-0.05, 0) is 18.9 Å². The second-order valence-electron chi connectivity index (χ2n) is 2.95. The lowest BCUT2D eigenvalue weighted by Crippen LogP contribution is -1.94. The van der Waals surface area contributed by atoms with E-state index >= 15 is 0 Å². The summed E-state index contributed by atoms with van der Waals surface area (Å²) in [5.74, 6) is 0. The molecule has 0 aromatic heterocycles. The van der Waals surface area contributed by atoms with Crippen LogP contribution in [0.5, 0.6) is 0 Å². The second-order valence-corrected chi connectivity index (χ2v) is 2.95. The van der Waals surface area contributed by atoms with E-state index in [2.05, 4.69) is 31.0 Å². The predicted octanol–water partition coefficient (Wildman–Crippen LogP) is 2.90. The zero-order valence-corrected chi connectivity index (χ0v) is 7.70. The standard InChI is InChI=1S/C11H15N/c1-3-10(2)12-9-11-7-5-4-6-8-11/h4-10H,3H2,1-2H3/b12-9+/t10-/m1/s1. The molecule has 0 aliphatic heterocycles. The third-order valence-corrected chi connectivity index (χ3v) is 1.87. The highest BCUT2D eigenvalue weighted by Gasteiger charge is 1.90. The number of rotatable bonds is 3. The Morgan fingerprint density at radius 2 is 2.00 bits per heavy atom. The van der Waals surface area contributed by atoms with Crippen molar-refractivity contribution in [2.75, 3.05) is 0 Å². The maximum atomic E-state index is 4.39. The molecule has 1 aromatic carbocycles. The minimum absolute atomic E-state index is 0.435. The van der Waals surface area contributed by atoms with Crippen LogP contribution in [0.3, 0.4) is 0 Å². The van der Waals surface area contributed by atoms with Crippen molar-refractivity contribution in [3.63, 3.8) is 0 Å². The third kappa shape index (κ3) is 2.87.